The van der Waals surface area contributed by atoms with Gasteiger partial charge in [0.05, 0.1) is 17.9 Å². The lowest BCUT2D eigenvalue weighted by molar-refractivity contribution is 0.290. The fourth-order valence-electron chi connectivity index (χ4n) is 3.61. The molecule has 1 aromatic heterocycles. The van der Waals surface area contributed by atoms with Crippen molar-refractivity contribution in [3.05, 3.63) is 48.7 Å². The Morgan fingerprint density at radius 3 is 2.72 bits per heavy atom. The third-order valence-electron chi connectivity index (χ3n) is 4.92. The molecule has 0 bridgehead atoms. The lowest BCUT2D eigenvalue weighted by atomic mass is 10.2. The molecule has 0 radical (unpaired) electrons. The number of pyridine rings is 1. The molecule has 1 unspecified atom stereocenters. The zero-order valence-electron chi connectivity index (χ0n) is 13.9. The van der Waals surface area contributed by atoms with E-state index in [1.54, 1.807) is 11.9 Å². The van der Waals surface area contributed by atoms with Gasteiger partial charge in [-0.1, -0.05) is 18.2 Å². The van der Waals surface area contributed by atoms with Gasteiger partial charge in [0.2, 0.25) is 0 Å². The van der Waals surface area contributed by atoms with Crippen LogP contribution in [0.1, 0.15) is 0 Å². The largest absolute Gasteiger partial charge is 0.354 e. The maximum absolute atomic E-state index is 4.72. The van der Waals surface area contributed by atoms with E-state index >= 15 is 0 Å². The van der Waals surface area contributed by atoms with Gasteiger partial charge < -0.3 is 10.2 Å². The molecule has 0 spiro atoms. The number of rotatable bonds is 3. The minimum atomic E-state index is 0.210. The second-order valence-electron chi connectivity index (χ2n) is 6.45. The van der Waals surface area contributed by atoms with Gasteiger partial charge in [-0.25, -0.2) is 4.98 Å². The quantitative estimate of drug-likeness (QED) is 0.857. The van der Waals surface area contributed by atoms with Gasteiger partial charge in [-0.05, 0) is 24.3 Å². The Morgan fingerprint density at radius 2 is 1.88 bits per heavy atom. The van der Waals surface area contributed by atoms with Crippen molar-refractivity contribution in [3.8, 4) is 0 Å². The molecule has 4 heterocycles. The van der Waals surface area contributed by atoms with Gasteiger partial charge in [0, 0.05) is 44.3 Å². The first-order valence-electron chi connectivity index (χ1n) is 8.64. The molecule has 3 aliphatic rings. The third kappa shape index (κ3) is 2.73. The summed E-state index contributed by atoms with van der Waals surface area (Å²) in [7, 11) is 0. The van der Waals surface area contributed by atoms with Crippen molar-refractivity contribution >= 4 is 35.0 Å². The van der Waals surface area contributed by atoms with Crippen LogP contribution in [-0.2, 0) is 0 Å². The average molecular weight is 352 g/mol. The van der Waals surface area contributed by atoms with E-state index in [2.05, 4.69) is 61.4 Å². The normalized spacial score (nSPS) is 22.4. The van der Waals surface area contributed by atoms with E-state index in [9.17, 15) is 0 Å². The van der Waals surface area contributed by atoms with Crippen molar-refractivity contribution in [1.82, 2.24) is 9.88 Å². The monoisotopic (exact) mass is 352 g/mol. The lowest BCUT2D eigenvalue weighted by Gasteiger charge is -2.36. The Bertz CT molecular complexity index is 787. The number of benzene rings is 1. The maximum atomic E-state index is 4.72. The van der Waals surface area contributed by atoms with Crippen LogP contribution in [0.3, 0.4) is 0 Å². The van der Waals surface area contributed by atoms with Gasteiger partial charge in [-0.2, -0.15) is 4.40 Å². The van der Waals surface area contributed by atoms with Crippen LogP contribution in [0.4, 0.5) is 17.2 Å². The molecule has 3 aliphatic heterocycles. The second-order valence-corrected chi connectivity index (χ2v) is 7.29. The first-order valence-corrected chi connectivity index (χ1v) is 9.48. The van der Waals surface area contributed by atoms with Gasteiger partial charge >= 0.3 is 0 Å². The van der Waals surface area contributed by atoms with Crippen LogP contribution in [0.2, 0.25) is 0 Å². The van der Waals surface area contributed by atoms with Crippen molar-refractivity contribution in [2.24, 2.45) is 4.40 Å². The summed E-state index contributed by atoms with van der Waals surface area (Å²) in [4.78, 5) is 11.6. The Balaban J connectivity index is 1.24. The summed E-state index contributed by atoms with van der Waals surface area (Å²) in [6.45, 7) is 4.99. The van der Waals surface area contributed by atoms with Gasteiger partial charge in [-0.3, -0.25) is 9.80 Å². The fraction of sp³-hybridized carbons (Fsp3) is 0.333. The van der Waals surface area contributed by atoms with Crippen LogP contribution in [-0.4, -0.2) is 53.9 Å². The van der Waals surface area contributed by atoms with Crippen molar-refractivity contribution in [2.75, 3.05) is 47.8 Å². The van der Waals surface area contributed by atoms with E-state index in [-0.39, 0.29) is 5.50 Å². The van der Waals surface area contributed by atoms with Gasteiger partial charge in [0.25, 0.3) is 0 Å². The van der Waals surface area contributed by atoms with Gasteiger partial charge in [0.15, 0.2) is 5.50 Å². The SMILES string of the molecule is c1ccc(N2CCN(CC3=NSC4Nc5ccccc5N34)CC2)nc1. The highest BCUT2D eigenvalue weighted by atomic mass is 32.2. The molecular formula is C18H20N6S. The van der Waals surface area contributed by atoms with Gasteiger partial charge in [0.1, 0.15) is 11.7 Å². The first-order chi connectivity index (χ1) is 12.4. The molecule has 0 saturated carbocycles. The predicted octanol–water partition coefficient (Wildman–Crippen LogP) is 2.48. The summed E-state index contributed by atoms with van der Waals surface area (Å²) in [5.41, 5.74) is 2.65. The minimum absolute atomic E-state index is 0.210. The summed E-state index contributed by atoms with van der Waals surface area (Å²) < 4.78 is 4.72. The van der Waals surface area contributed by atoms with Crippen LogP contribution < -0.4 is 15.1 Å². The molecule has 6 nitrogen and oxygen atoms in total. The highest BCUT2D eigenvalue weighted by molar-refractivity contribution is 7.99. The summed E-state index contributed by atoms with van der Waals surface area (Å²) in [6, 6.07) is 14.6. The lowest BCUT2D eigenvalue weighted by Crippen LogP contribution is -2.50. The van der Waals surface area contributed by atoms with Crippen molar-refractivity contribution in [3.63, 3.8) is 0 Å². The Morgan fingerprint density at radius 1 is 1.04 bits per heavy atom. The predicted molar refractivity (Wildman–Crippen MR) is 104 cm³/mol. The summed E-state index contributed by atoms with van der Waals surface area (Å²) in [6.07, 6.45) is 1.87. The zero-order chi connectivity index (χ0) is 16.6. The zero-order valence-corrected chi connectivity index (χ0v) is 14.7. The van der Waals surface area contributed by atoms with Crippen LogP contribution in [0, 0.1) is 0 Å². The van der Waals surface area contributed by atoms with Crippen LogP contribution in [0.25, 0.3) is 0 Å². The molecule has 25 heavy (non-hydrogen) atoms. The first kappa shape index (κ1) is 15.0. The van der Waals surface area contributed by atoms with Crippen LogP contribution in [0.15, 0.2) is 53.1 Å². The smallest absolute Gasteiger partial charge is 0.175 e. The fourth-order valence-corrected chi connectivity index (χ4v) is 4.49. The van der Waals surface area contributed by atoms with Crippen molar-refractivity contribution < 1.29 is 0 Å². The van der Waals surface area contributed by atoms with E-state index in [4.69, 9.17) is 4.40 Å². The molecule has 1 N–H and O–H groups in total. The molecule has 0 amide bonds. The Kier molecular flexibility index (Phi) is 3.75. The van der Waals surface area contributed by atoms with Crippen molar-refractivity contribution in [1.29, 1.82) is 0 Å². The summed E-state index contributed by atoms with van der Waals surface area (Å²) in [5, 5.41) is 3.53. The Labute approximate surface area is 151 Å². The number of para-hydroxylation sites is 2. The number of nitrogens with one attached hydrogen (secondary N) is 1. The standard InChI is InChI=1S/C18H20N6S/c1-2-6-15-14(5-1)20-18-24(15)17(21-25-18)13-22-9-11-23(12-10-22)16-7-3-4-8-19-16/h1-8,18,20H,9-13H2. The number of hydrogen-bond acceptors (Lipinski definition) is 7. The summed E-state index contributed by atoms with van der Waals surface area (Å²) in [5.74, 6) is 2.23. The summed E-state index contributed by atoms with van der Waals surface area (Å²) >= 11 is 1.62. The van der Waals surface area contributed by atoms with E-state index in [1.807, 2.05) is 12.3 Å². The van der Waals surface area contributed by atoms with E-state index in [0.29, 0.717) is 0 Å². The number of anilines is 3. The molecule has 0 aliphatic carbocycles. The van der Waals surface area contributed by atoms with E-state index in [1.165, 1.54) is 11.4 Å². The molecular weight excluding hydrogens is 332 g/mol. The van der Waals surface area contributed by atoms with E-state index in [0.717, 1.165) is 44.4 Å². The Hall–Kier alpha value is -2.25. The number of amidine groups is 1. The van der Waals surface area contributed by atoms with Crippen LogP contribution in [0.5, 0.6) is 0 Å². The molecule has 128 valence electrons. The molecule has 1 saturated heterocycles. The van der Waals surface area contributed by atoms with Crippen LogP contribution >= 0.6 is 11.9 Å². The number of fused-ring (bicyclic) bond motifs is 3. The number of nitrogens with zero attached hydrogens (tertiary/aromatic N) is 5. The van der Waals surface area contributed by atoms with Crippen molar-refractivity contribution in [2.45, 2.75) is 5.50 Å². The topological polar surface area (TPSA) is 47.0 Å². The molecule has 1 fully saturated rings. The highest BCUT2D eigenvalue weighted by Gasteiger charge is 2.37. The highest BCUT2D eigenvalue weighted by Crippen LogP contribution is 2.42. The third-order valence-corrected chi connectivity index (χ3v) is 5.77. The number of piperazine rings is 1. The van der Waals surface area contributed by atoms with E-state index < -0.39 is 0 Å². The molecule has 1 atom stereocenters. The molecule has 7 heteroatoms. The number of hydrogen-bond donors (Lipinski definition) is 1. The van der Waals surface area contributed by atoms with Gasteiger partial charge in [-0.15, -0.1) is 0 Å². The molecule has 1 aromatic carbocycles. The maximum Gasteiger partial charge on any atom is 0.175 e. The molecule has 5 rings (SSSR count). The second kappa shape index (κ2) is 6.24. The minimum Gasteiger partial charge on any atom is -0.354 e. The average Bonchev–Trinajstić information content (AvgIpc) is 3.23. The number of aromatic nitrogens is 1. The molecule has 2 aromatic rings.